The van der Waals surface area contributed by atoms with Gasteiger partial charge in [0.25, 0.3) is 5.91 Å². The maximum atomic E-state index is 11.6. The summed E-state index contributed by atoms with van der Waals surface area (Å²) in [6.07, 6.45) is 0. The fourth-order valence-electron chi connectivity index (χ4n) is 0.941. The average molecular weight is 220 g/mol. The molecule has 4 nitrogen and oxygen atoms in total. The van der Waals surface area contributed by atoms with Crippen molar-refractivity contribution in [3.8, 4) is 0 Å². The fraction of sp³-hybridized carbons (Fsp3) is 0.286. The minimum absolute atomic E-state index is 0.140. The Balaban J connectivity index is 2.84. The van der Waals surface area contributed by atoms with Crippen LogP contribution in [0.15, 0.2) is 11.9 Å². The third kappa shape index (κ3) is 2.23. The van der Waals surface area contributed by atoms with Crippen LogP contribution in [-0.4, -0.2) is 25.1 Å². The summed E-state index contributed by atoms with van der Waals surface area (Å²) in [5.41, 5.74) is 5.41. The fourth-order valence-corrected chi connectivity index (χ4v) is 2.23. The molecular formula is C7H11ClN3OP. The van der Waals surface area contributed by atoms with E-state index in [4.69, 9.17) is 11.6 Å². The van der Waals surface area contributed by atoms with E-state index in [1.807, 2.05) is 5.80 Å². The van der Waals surface area contributed by atoms with E-state index in [-0.39, 0.29) is 5.91 Å². The van der Waals surface area contributed by atoms with Crippen molar-refractivity contribution in [2.75, 3.05) is 14.1 Å². The Labute approximate surface area is 83.3 Å². The number of hydrogen-bond donors (Lipinski definition) is 2. The van der Waals surface area contributed by atoms with Crippen molar-refractivity contribution >= 4 is 25.7 Å². The highest BCUT2D eigenvalue weighted by molar-refractivity contribution is 7.32. The van der Waals surface area contributed by atoms with E-state index in [2.05, 4.69) is 10.9 Å². The lowest BCUT2D eigenvalue weighted by atomic mass is 10.4. The van der Waals surface area contributed by atoms with Crippen molar-refractivity contribution < 1.29 is 4.79 Å². The molecule has 1 amide bonds. The summed E-state index contributed by atoms with van der Waals surface area (Å²) < 4.78 is 0. The van der Waals surface area contributed by atoms with Crippen LogP contribution in [-0.2, 0) is 0 Å². The molecule has 0 fully saturated rings. The van der Waals surface area contributed by atoms with Gasteiger partial charge in [-0.05, 0) is 11.9 Å². The van der Waals surface area contributed by atoms with E-state index in [0.717, 1.165) is 0 Å². The molecule has 72 valence electrons. The van der Waals surface area contributed by atoms with Gasteiger partial charge in [-0.15, -0.1) is 8.19 Å². The molecule has 1 aromatic heterocycles. The van der Waals surface area contributed by atoms with Crippen molar-refractivity contribution in [1.82, 2.24) is 16.0 Å². The molecule has 6 heteroatoms. The highest BCUT2D eigenvalue weighted by Crippen LogP contribution is 2.26. The first kappa shape index (κ1) is 10.5. The molecule has 1 rings (SSSR count). The maximum absolute atomic E-state index is 11.6. The van der Waals surface area contributed by atoms with Crippen LogP contribution in [0.1, 0.15) is 10.1 Å². The van der Waals surface area contributed by atoms with E-state index >= 15 is 0 Å². The molecule has 0 saturated carbocycles. The summed E-state index contributed by atoms with van der Waals surface area (Å²) >= 11 is 5.83. The molecule has 0 aromatic carbocycles. The molecule has 0 aliphatic carbocycles. The van der Waals surface area contributed by atoms with Gasteiger partial charge < -0.3 is 0 Å². The van der Waals surface area contributed by atoms with Crippen molar-refractivity contribution in [1.29, 1.82) is 0 Å². The Morgan fingerprint density at radius 1 is 1.54 bits per heavy atom. The average Bonchev–Trinajstić information content (AvgIpc) is 2.53. The number of amides is 1. The normalized spacial score (nSPS) is 10.7. The number of carbonyl (C=O) groups is 1. The minimum atomic E-state index is -0.140. The van der Waals surface area contributed by atoms with Gasteiger partial charge in [-0.25, -0.2) is 16.0 Å². The van der Waals surface area contributed by atoms with Crippen molar-refractivity contribution in [2.24, 2.45) is 0 Å². The quantitative estimate of drug-likeness (QED) is 0.748. The zero-order chi connectivity index (χ0) is 9.84. The summed E-state index contributed by atoms with van der Waals surface area (Å²) in [6, 6.07) is 1.75. The molecule has 0 saturated heterocycles. The Hall–Kier alpha value is -0.540. The predicted molar refractivity (Wildman–Crippen MR) is 55.2 cm³/mol. The first-order chi connectivity index (χ1) is 6.20. The summed E-state index contributed by atoms with van der Waals surface area (Å²) in [6.45, 7) is 0. The Bertz CT molecular complexity index is 298. The van der Waals surface area contributed by atoms with Crippen LogP contribution in [0.4, 0.5) is 0 Å². The lowest BCUT2D eigenvalue weighted by Crippen LogP contribution is -2.48. The van der Waals surface area contributed by atoms with Gasteiger partial charge in [-0.2, -0.15) is 0 Å². The maximum Gasteiger partial charge on any atom is 0.287 e. The predicted octanol–water partition coefficient (Wildman–Crippen LogP) is 1.08. The number of hydrogen-bond acceptors (Lipinski definition) is 3. The Kier molecular flexibility index (Phi) is 3.75. The molecule has 0 spiro atoms. The second-order valence-electron chi connectivity index (χ2n) is 2.29. The largest absolute Gasteiger partial charge is 0.287 e. The van der Waals surface area contributed by atoms with Crippen molar-refractivity contribution in [2.45, 2.75) is 0 Å². The second-order valence-corrected chi connectivity index (χ2v) is 3.82. The molecule has 1 heterocycles. The number of hydrazine groups is 2. The molecule has 1 unspecified atom stereocenters. The molecule has 2 N–H and O–H groups in total. The van der Waals surface area contributed by atoms with E-state index in [1.54, 1.807) is 20.2 Å². The lowest BCUT2D eigenvalue weighted by molar-refractivity contribution is 0.0583. The van der Waals surface area contributed by atoms with Crippen LogP contribution >= 0.6 is 19.8 Å². The van der Waals surface area contributed by atoms with Crippen LogP contribution in [0.25, 0.3) is 0 Å². The Morgan fingerprint density at radius 3 is 2.54 bits per heavy atom. The molecule has 0 bridgehead atoms. The van der Waals surface area contributed by atoms with Crippen LogP contribution in [0.2, 0.25) is 5.02 Å². The van der Waals surface area contributed by atoms with E-state index in [1.165, 1.54) is 5.12 Å². The molecule has 0 aliphatic heterocycles. The smallest absolute Gasteiger partial charge is 0.266 e. The van der Waals surface area contributed by atoms with Gasteiger partial charge in [-0.3, -0.25) is 4.79 Å². The van der Waals surface area contributed by atoms with Gasteiger partial charge in [-0.1, -0.05) is 11.6 Å². The number of halogens is 1. The Morgan fingerprint density at radius 2 is 2.15 bits per heavy atom. The van der Waals surface area contributed by atoms with Gasteiger partial charge in [0.15, 0.2) is 0 Å². The van der Waals surface area contributed by atoms with Gasteiger partial charge in [0, 0.05) is 14.1 Å². The number of nitrogens with one attached hydrogen (secondary N) is 2. The molecule has 1 atom stereocenters. The third-order valence-electron chi connectivity index (χ3n) is 1.56. The number of rotatable bonds is 3. The topological polar surface area (TPSA) is 44.4 Å². The van der Waals surface area contributed by atoms with Crippen LogP contribution < -0.4 is 10.9 Å². The van der Waals surface area contributed by atoms with E-state index < -0.39 is 0 Å². The van der Waals surface area contributed by atoms with Crippen LogP contribution in [0.5, 0.6) is 0 Å². The molecule has 13 heavy (non-hydrogen) atoms. The highest BCUT2D eigenvalue weighted by Gasteiger charge is 2.16. The summed E-state index contributed by atoms with van der Waals surface area (Å²) in [7, 11) is 3.68. The monoisotopic (exact) mass is 219 g/mol. The lowest BCUT2D eigenvalue weighted by Gasteiger charge is -2.18. The zero-order valence-corrected chi connectivity index (χ0v) is 9.14. The minimum Gasteiger partial charge on any atom is -0.266 e. The highest BCUT2D eigenvalue weighted by atomic mass is 35.5. The van der Waals surface area contributed by atoms with Gasteiger partial charge >= 0.3 is 0 Å². The van der Waals surface area contributed by atoms with Gasteiger partial charge in [0.1, 0.15) is 0 Å². The first-order valence-electron chi connectivity index (χ1n) is 3.72. The number of carbonyl (C=O) groups excluding carboxylic acids is 1. The summed E-state index contributed by atoms with van der Waals surface area (Å²) in [5.74, 6) is 1.75. The summed E-state index contributed by atoms with van der Waals surface area (Å²) in [4.78, 5) is 11.6. The van der Waals surface area contributed by atoms with Gasteiger partial charge in [0.05, 0.1) is 10.3 Å². The van der Waals surface area contributed by atoms with Crippen molar-refractivity contribution in [3.05, 3.63) is 22.2 Å². The SMILES string of the molecule is CNN(NC)C(=O)c1[pH]ccc1Cl. The molecule has 0 aliphatic rings. The molecule has 1 aromatic rings. The van der Waals surface area contributed by atoms with Gasteiger partial charge in [0.2, 0.25) is 0 Å². The van der Waals surface area contributed by atoms with E-state index in [9.17, 15) is 4.79 Å². The molecule has 0 radical (unpaired) electrons. The first-order valence-corrected chi connectivity index (χ1v) is 5.18. The van der Waals surface area contributed by atoms with E-state index in [0.29, 0.717) is 18.5 Å². The third-order valence-corrected chi connectivity index (χ3v) is 3.14. The molecular weight excluding hydrogens is 209 g/mol. The second kappa shape index (κ2) is 4.63. The number of nitrogens with zero attached hydrogens (tertiary/aromatic N) is 1. The zero-order valence-electron chi connectivity index (χ0n) is 7.39. The summed E-state index contributed by atoms with van der Waals surface area (Å²) in [5, 5.41) is 2.45. The van der Waals surface area contributed by atoms with Crippen molar-refractivity contribution in [3.63, 3.8) is 0 Å². The standard InChI is InChI=1S/C7H11ClN3OP/c1-9-11(10-2)7(12)6-5(8)3-4-13-6/h3-4,9-10,13H,1-2H3. The van der Waals surface area contributed by atoms with Crippen LogP contribution in [0, 0.1) is 0 Å². The van der Waals surface area contributed by atoms with Crippen LogP contribution in [0.3, 0.4) is 0 Å².